The molecule has 0 spiro atoms. The van der Waals surface area contributed by atoms with Crippen LogP contribution in [0.3, 0.4) is 0 Å². The molecule has 1 aliphatic carbocycles. The van der Waals surface area contributed by atoms with E-state index in [1.54, 1.807) is 0 Å². The number of guanidine groups is 1. The molecule has 1 saturated carbocycles. The number of nitrogens with zero attached hydrogens (tertiary/aromatic N) is 3. The van der Waals surface area contributed by atoms with Crippen LogP contribution in [0.15, 0.2) is 17.4 Å². The van der Waals surface area contributed by atoms with Gasteiger partial charge in [0.2, 0.25) is 0 Å². The van der Waals surface area contributed by atoms with E-state index >= 15 is 0 Å². The first-order valence-corrected chi connectivity index (χ1v) is 8.17. The molecule has 1 heterocycles. The van der Waals surface area contributed by atoms with E-state index in [-0.39, 0.29) is 24.0 Å². The molecule has 0 bridgehead atoms. The molecule has 1 aromatic rings. The van der Waals surface area contributed by atoms with E-state index in [9.17, 15) is 0 Å². The second-order valence-electron chi connectivity index (χ2n) is 6.10. The Bertz CT molecular complexity index is 459. The zero-order valence-corrected chi connectivity index (χ0v) is 16.4. The Hall–Kier alpha value is -0.790. The summed E-state index contributed by atoms with van der Waals surface area (Å²) in [6.07, 6.45) is 10.2. The van der Waals surface area contributed by atoms with Crippen LogP contribution in [0.4, 0.5) is 0 Å². The van der Waals surface area contributed by atoms with Crippen molar-refractivity contribution in [3.05, 3.63) is 18.0 Å². The van der Waals surface area contributed by atoms with Gasteiger partial charge in [-0.2, -0.15) is 5.10 Å². The summed E-state index contributed by atoms with van der Waals surface area (Å²) in [7, 11) is 1.95. The number of hydrogen-bond donors (Lipinski definition) is 2. The highest BCUT2D eigenvalue weighted by atomic mass is 127. The highest BCUT2D eigenvalue weighted by molar-refractivity contribution is 14.0. The van der Waals surface area contributed by atoms with E-state index in [2.05, 4.69) is 35.8 Å². The molecule has 0 atom stereocenters. The van der Waals surface area contributed by atoms with Crippen molar-refractivity contribution < 1.29 is 0 Å². The van der Waals surface area contributed by atoms with Gasteiger partial charge in [-0.25, -0.2) is 0 Å². The van der Waals surface area contributed by atoms with Gasteiger partial charge in [-0.15, -0.1) is 24.0 Å². The third-order valence-electron chi connectivity index (χ3n) is 4.55. The van der Waals surface area contributed by atoms with Crippen LogP contribution in [0.2, 0.25) is 0 Å². The molecule has 5 nitrogen and oxygen atoms in total. The lowest BCUT2D eigenvalue weighted by Gasteiger charge is -2.40. The molecule has 1 aliphatic rings. The van der Waals surface area contributed by atoms with E-state index in [0.29, 0.717) is 5.41 Å². The lowest BCUT2D eigenvalue weighted by Crippen LogP contribution is -2.40. The largest absolute Gasteiger partial charge is 0.357 e. The molecule has 126 valence electrons. The molecule has 0 unspecified atom stereocenters. The van der Waals surface area contributed by atoms with Gasteiger partial charge in [0.25, 0.3) is 0 Å². The van der Waals surface area contributed by atoms with Gasteiger partial charge in [0.1, 0.15) is 0 Å². The van der Waals surface area contributed by atoms with E-state index in [0.717, 1.165) is 32.0 Å². The third-order valence-corrected chi connectivity index (χ3v) is 4.55. The molecule has 2 N–H and O–H groups in total. The van der Waals surface area contributed by atoms with Crippen molar-refractivity contribution >= 4 is 29.9 Å². The molecule has 6 heteroatoms. The number of aliphatic imine (C=N–C) groups is 1. The van der Waals surface area contributed by atoms with Crippen molar-refractivity contribution in [2.75, 3.05) is 19.6 Å². The van der Waals surface area contributed by atoms with E-state index in [1.165, 1.54) is 31.2 Å². The summed E-state index contributed by atoms with van der Waals surface area (Å²) < 4.78 is 1.84. The van der Waals surface area contributed by atoms with E-state index in [1.807, 2.05) is 17.9 Å². The molecule has 0 saturated heterocycles. The molecule has 0 aliphatic heterocycles. The van der Waals surface area contributed by atoms with Crippen LogP contribution in [0.25, 0.3) is 0 Å². The Morgan fingerprint density at radius 2 is 2.14 bits per heavy atom. The Morgan fingerprint density at radius 1 is 1.36 bits per heavy atom. The summed E-state index contributed by atoms with van der Waals surface area (Å²) in [4.78, 5) is 4.79. The summed E-state index contributed by atoms with van der Waals surface area (Å²) >= 11 is 0. The second-order valence-corrected chi connectivity index (χ2v) is 6.10. The molecular formula is C16H30IN5. The summed E-state index contributed by atoms with van der Waals surface area (Å²) in [6.45, 7) is 7.13. The van der Waals surface area contributed by atoms with Crippen LogP contribution < -0.4 is 10.6 Å². The van der Waals surface area contributed by atoms with Crippen LogP contribution in [0.5, 0.6) is 0 Å². The first-order valence-electron chi connectivity index (χ1n) is 8.17. The standard InChI is InChI=1S/C16H29N5.HI/c1-4-16(8-6-9-16)13-19-15(17-5-2)18-10-7-14-11-20-21(3)12-14;/h11-12H,4-10,13H2,1-3H3,(H2,17,18,19);1H. The predicted octanol–water partition coefficient (Wildman–Crippen LogP) is 2.72. The quantitative estimate of drug-likeness (QED) is 0.406. The third kappa shape index (κ3) is 5.44. The minimum atomic E-state index is 0. The zero-order valence-electron chi connectivity index (χ0n) is 14.1. The molecule has 0 radical (unpaired) electrons. The number of rotatable bonds is 7. The lowest BCUT2D eigenvalue weighted by atomic mass is 9.67. The molecule has 1 aromatic heterocycles. The first-order chi connectivity index (χ1) is 10.2. The smallest absolute Gasteiger partial charge is 0.191 e. The Kier molecular flexibility index (Phi) is 8.20. The Labute approximate surface area is 151 Å². The van der Waals surface area contributed by atoms with Gasteiger partial charge in [0.15, 0.2) is 5.96 Å². The van der Waals surface area contributed by atoms with Crippen molar-refractivity contribution in [2.24, 2.45) is 17.5 Å². The fourth-order valence-corrected chi connectivity index (χ4v) is 2.81. The monoisotopic (exact) mass is 419 g/mol. The van der Waals surface area contributed by atoms with Gasteiger partial charge in [0.05, 0.1) is 6.20 Å². The maximum atomic E-state index is 4.79. The molecular weight excluding hydrogens is 389 g/mol. The minimum absolute atomic E-state index is 0. The normalized spacial score (nSPS) is 16.6. The Morgan fingerprint density at radius 3 is 2.64 bits per heavy atom. The highest BCUT2D eigenvalue weighted by Crippen LogP contribution is 2.43. The fraction of sp³-hybridized carbons (Fsp3) is 0.750. The van der Waals surface area contributed by atoms with Crippen molar-refractivity contribution in [2.45, 2.75) is 46.0 Å². The highest BCUT2D eigenvalue weighted by Gasteiger charge is 2.34. The van der Waals surface area contributed by atoms with Crippen molar-refractivity contribution in [3.63, 3.8) is 0 Å². The first kappa shape index (κ1) is 19.3. The average molecular weight is 419 g/mol. The molecule has 22 heavy (non-hydrogen) atoms. The van der Waals surface area contributed by atoms with E-state index in [4.69, 9.17) is 4.99 Å². The predicted molar refractivity (Wildman–Crippen MR) is 103 cm³/mol. The Balaban J connectivity index is 0.00000242. The topological polar surface area (TPSA) is 54.2 Å². The maximum Gasteiger partial charge on any atom is 0.191 e. The van der Waals surface area contributed by atoms with E-state index < -0.39 is 0 Å². The zero-order chi connectivity index (χ0) is 15.1. The van der Waals surface area contributed by atoms with Gasteiger partial charge in [-0.3, -0.25) is 9.67 Å². The molecule has 0 amide bonds. The maximum absolute atomic E-state index is 4.79. The van der Waals surface area contributed by atoms with Gasteiger partial charge in [-0.1, -0.05) is 13.3 Å². The molecule has 2 rings (SSSR count). The van der Waals surface area contributed by atoms with Gasteiger partial charge < -0.3 is 10.6 Å². The average Bonchev–Trinajstić information content (AvgIpc) is 2.83. The number of hydrogen-bond acceptors (Lipinski definition) is 2. The van der Waals surface area contributed by atoms with Gasteiger partial charge in [0, 0.05) is 32.9 Å². The molecule has 1 fully saturated rings. The number of nitrogens with one attached hydrogen (secondary N) is 2. The van der Waals surface area contributed by atoms with Gasteiger partial charge in [-0.05, 0) is 43.6 Å². The number of aryl methyl sites for hydroxylation is 1. The van der Waals surface area contributed by atoms with Crippen LogP contribution in [0, 0.1) is 5.41 Å². The van der Waals surface area contributed by atoms with Crippen LogP contribution in [-0.2, 0) is 13.5 Å². The number of halogens is 1. The minimum Gasteiger partial charge on any atom is -0.357 e. The van der Waals surface area contributed by atoms with Crippen molar-refractivity contribution in [1.29, 1.82) is 0 Å². The number of aromatic nitrogens is 2. The van der Waals surface area contributed by atoms with Crippen molar-refractivity contribution in [1.82, 2.24) is 20.4 Å². The summed E-state index contributed by atoms with van der Waals surface area (Å²) in [6, 6.07) is 0. The second kappa shape index (κ2) is 9.37. The van der Waals surface area contributed by atoms with Crippen LogP contribution >= 0.6 is 24.0 Å². The molecule has 0 aromatic carbocycles. The van der Waals surface area contributed by atoms with Crippen LogP contribution in [-0.4, -0.2) is 35.4 Å². The summed E-state index contributed by atoms with van der Waals surface area (Å²) in [5.41, 5.74) is 1.73. The SMILES string of the molecule is CCNC(=NCC1(CC)CCC1)NCCc1cnn(C)c1.I. The summed E-state index contributed by atoms with van der Waals surface area (Å²) in [5.74, 6) is 0.945. The summed E-state index contributed by atoms with van der Waals surface area (Å²) in [5, 5.41) is 11.0. The van der Waals surface area contributed by atoms with Crippen LogP contribution in [0.1, 0.15) is 45.1 Å². The fourth-order valence-electron chi connectivity index (χ4n) is 2.81. The van der Waals surface area contributed by atoms with Crippen molar-refractivity contribution in [3.8, 4) is 0 Å². The lowest BCUT2D eigenvalue weighted by molar-refractivity contribution is 0.139. The van der Waals surface area contributed by atoms with Gasteiger partial charge >= 0.3 is 0 Å².